The molecule has 0 heterocycles. The summed E-state index contributed by atoms with van der Waals surface area (Å²) in [6, 6.07) is 11.5. The van der Waals surface area contributed by atoms with E-state index in [2.05, 4.69) is 37.8 Å². The van der Waals surface area contributed by atoms with E-state index in [1.165, 1.54) is 74.6 Å². The van der Waals surface area contributed by atoms with Gasteiger partial charge in [0, 0.05) is 11.1 Å². The predicted molar refractivity (Wildman–Crippen MR) is 217 cm³/mol. The van der Waals surface area contributed by atoms with Gasteiger partial charge in [0.2, 0.25) is 11.6 Å². The maximum Gasteiger partial charge on any atom is 0.200 e. The molecule has 0 aliphatic rings. The van der Waals surface area contributed by atoms with Crippen LogP contribution in [0.5, 0.6) is 0 Å². The Kier molecular flexibility index (Phi) is 12.8. The highest BCUT2D eigenvalue weighted by Crippen LogP contribution is 2.45. The standard InChI is InChI=1S/C50H40F10/c1-3-5-7-9-11-13-15-27-21-33-34(22-28(27)16-14-12-10-8-6-4-2)38-26-40-36-24-30(18-20-32-43(53)47(57)50(60)48(58)44(32)54)29(23-35(36)39(40)25-37(33)38)17-19-31-41(51)45(55)49(59)46(56)42(31)52/h21-26H,3-16H2,1-2H3. The Labute approximate surface area is 341 Å². The van der Waals surface area contributed by atoms with Crippen LogP contribution in [0.15, 0.2) is 36.4 Å². The molecule has 7 rings (SSSR count). The van der Waals surface area contributed by atoms with Gasteiger partial charge in [0.1, 0.15) is 11.1 Å². The first kappa shape index (κ1) is 42.6. The first-order chi connectivity index (χ1) is 28.9. The first-order valence-corrected chi connectivity index (χ1v) is 20.5. The second kappa shape index (κ2) is 18.0. The lowest BCUT2D eigenvalue weighted by Gasteiger charge is -2.21. The molecule has 0 saturated heterocycles. The van der Waals surface area contributed by atoms with Crippen molar-refractivity contribution in [1.82, 2.24) is 0 Å². The lowest BCUT2D eigenvalue weighted by Crippen LogP contribution is -2.05. The van der Waals surface area contributed by atoms with Crippen LogP contribution in [-0.2, 0) is 12.8 Å². The van der Waals surface area contributed by atoms with E-state index in [0.29, 0.717) is 10.8 Å². The van der Waals surface area contributed by atoms with Crippen molar-refractivity contribution in [3.8, 4) is 23.7 Å². The van der Waals surface area contributed by atoms with Crippen molar-refractivity contribution < 1.29 is 43.9 Å². The molecule has 0 aliphatic carbocycles. The van der Waals surface area contributed by atoms with E-state index in [-0.39, 0.29) is 11.1 Å². The molecule has 0 unspecified atom stereocenters. The van der Waals surface area contributed by atoms with Crippen LogP contribution in [0.4, 0.5) is 43.9 Å². The van der Waals surface area contributed by atoms with Crippen LogP contribution in [0.1, 0.15) is 124 Å². The average molecular weight is 831 g/mol. The fraction of sp³-hybridized carbons (Fsp3) is 0.320. The van der Waals surface area contributed by atoms with Crippen LogP contribution < -0.4 is 0 Å². The van der Waals surface area contributed by atoms with Crippen molar-refractivity contribution in [2.24, 2.45) is 0 Å². The second-order valence-corrected chi connectivity index (χ2v) is 15.5. The first-order valence-electron chi connectivity index (χ1n) is 20.5. The number of benzene rings is 5. The average Bonchev–Trinajstić information content (AvgIpc) is 3.24. The molecule has 0 radical (unpaired) electrons. The molecule has 0 aliphatic heterocycles. The molecule has 10 heteroatoms. The largest absolute Gasteiger partial charge is 0.202 e. The quantitative estimate of drug-likeness (QED) is 0.0337. The Morgan fingerprint density at radius 2 is 0.567 bits per heavy atom. The van der Waals surface area contributed by atoms with E-state index >= 15 is 0 Å². The van der Waals surface area contributed by atoms with Crippen LogP contribution in [0.25, 0.3) is 43.1 Å². The summed E-state index contributed by atoms with van der Waals surface area (Å²) in [7, 11) is 0. The Morgan fingerprint density at radius 3 is 0.900 bits per heavy atom. The number of aryl methyl sites for hydroxylation is 2. The lowest BCUT2D eigenvalue weighted by atomic mass is 9.82. The number of halogens is 10. The smallest absolute Gasteiger partial charge is 0.200 e. The zero-order valence-electron chi connectivity index (χ0n) is 33.1. The van der Waals surface area contributed by atoms with Gasteiger partial charge in [0.15, 0.2) is 46.5 Å². The molecule has 0 amide bonds. The van der Waals surface area contributed by atoms with Gasteiger partial charge in [-0.25, -0.2) is 43.9 Å². The van der Waals surface area contributed by atoms with E-state index < -0.39 is 69.3 Å². The molecule has 7 aromatic carbocycles. The van der Waals surface area contributed by atoms with Crippen LogP contribution in [0, 0.1) is 81.9 Å². The predicted octanol–water partition coefficient (Wildman–Crippen LogP) is 15.2. The molecule has 0 nitrogen and oxygen atoms in total. The van der Waals surface area contributed by atoms with Crippen molar-refractivity contribution in [3.63, 3.8) is 0 Å². The fourth-order valence-electron chi connectivity index (χ4n) is 8.10. The topological polar surface area (TPSA) is 0 Å². The second-order valence-electron chi connectivity index (χ2n) is 15.5. The van der Waals surface area contributed by atoms with Gasteiger partial charge < -0.3 is 0 Å². The monoisotopic (exact) mass is 830 g/mol. The molecule has 0 saturated carbocycles. The number of fused-ring (bicyclic) bond motifs is 8. The van der Waals surface area contributed by atoms with Crippen molar-refractivity contribution in [3.05, 3.63) is 128 Å². The third kappa shape index (κ3) is 7.94. The number of unbranched alkanes of at least 4 members (excludes halogenated alkanes) is 10. The molecule has 0 atom stereocenters. The van der Waals surface area contributed by atoms with Crippen molar-refractivity contribution in [2.45, 2.75) is 104 Å². The lowest BCUT2D eigenvalue weighted by molar-refractivity contribution is 0.376. The molecular formula is C50H40F10. The van der Waals surface area contributed by atoms with Gasteiger partial charge in [-0.05, 0) is 104 Å². The summed E-state index contributed by atoms with van der Waals surface area (Å²) in [6.45, 7) is 4.40. The Hall–Kier alpha value is -5.48. The number of hydrogen-bond donors (Lipinski definition) is 0. The molecule has 0 spiro atoms. The van der Waals surface area contributed by atoms with Crippen molar-refractivity contribution >= 4 is 43.1 Å². The summed E-state index contributed by atoms with van der Waals surface area (Å²) in [5.41, 5.74) is -0.507. The normalized spacial score (nSPS) is 11.7. The highest BCUT2D eigenvalue weighted by Gasteiger charge is 2.27. The van der Waals surface area contributed by atoms with Gasteiger partial charge in [-0.3, -0.25) is 0 Å². The third-order valence-corrected chi connectivity index (χ3v) is 11.5. The summed E-state index contributed by atoms with van der Waals surface area (Å²) < 4.78 is 142. The third-order valence-electron chi connectivity index (χ3n) is 11.5. The fourth-order valence-corrected chi connectivity index (χ4v) is 8.10. The molecule has 0 fully saturated rings. The van der Waals surface area contributed by atoms with Gasteiger partial charge >= 0.3 is 0 Å². The van der Waals surface area contributed by atoms with E-state index in [0.717, 1.165) is 70.8 Å². The highest BCUT2D eigenvalue weighted by molar-refractivity contribution is 6.35. The van der Waals surface area contributed by atoms with Crippen LogP contribution >= 0.6 is 0 Å². The molecular weight excluding hydrogens is 791 g/mol. The zero-order chi connectivity index (χ0) is 42.8. The minimum Gasteiger partial charge on any atom is -0.202 e. The van der Waals surface area contributed by atoms with Gasteiger partial charge in [-0.2, -0.15) is 0 Å². The molecule has 60 heavy (non-hydrogen) atoms. The highest BCUT2D eigenvalue weighted by atomic mass is 19.2. The summed E-state index contributed by atoms with van der Waals surface area (Å²) in [5, 5.41) is 7.02. The van der Waals surface area contributed by atoms with Crippen LogP contribution in [0.2, 0.25) is 0 Å². The summed E-state index contributed by atoms with van der Waals surface area (Å²) in [5.74, 6) is -13.6. The van der Waals surface area contributed by atoms with E-state index in [4.69, 9.17) is 0 Å². The maximum absolute atomic E-state index is 14.6. The SMILES string of the molecule is CCCCCCCCc1cc2c(cc1CCCCCCCC)c1cc3c4cc(C#Cc5c(F)c(F)c(F)c(F)c5F)c(C#Cc5c(F)c(F)c(F)c(F)c5F)cc4c3cc21. The van der Waals surface area contributed by atoms with Gasteiger partial charge in [-0.15, -0.1) is 0 Å². The number of rotatable bonds is 14. The Balaban J connectivity index is 1.33. The summed E-state index contributed by atoms with van der Waals surface area (Å²) in [4.78, 5) is 0. The van der Waals surface area contributed by atoms with Crippen LogP contribution in [0.3, 0.4) is 0 Å². The molecule has 0 aromatic heterocycles. The van der Waals surface area contributed by atoms with Crippen LogP contribution in [-0.4, -0.2) is 0 Å². The summed E-state index contributed by atoms with van der Waals surface area (Å²) >= 11 is 0. The maximum atomic E-state index is 14.6. The molecule has 7 aromatic rings. The van der Waals surface area contributed by atoms with E-state index in [1.54, 1.807) is 0 Å². The van der Waals surface area contributed by atoms with Gasteiger partial charge in [0.25, 0.3) is 0 Å². The van der Waals surface area contributed by atoms with Crippen molar-refractivity contribution in [1.29, 1.82) is 0 Å². The zero-order valence-corrected chi connectivity index (χ0v) is 33.1. The van der Waals surface area contributed by atoms with Gasteiger partial charge in [-0.1, -0.05) is 114 Å². The Morgan fingerprint density at radius 1 is 0.300 bits per heavy atom. The van der Waals surface area contributed by atoms with Crippen molar-refractivity contribution in [2.75, 3.05) is 0 Å². The van der Waals surface area contributed by atoms with E-state index in [1.807, 2.05) is 24.0 Å². The number of hydrogen-bond acceptors (Lipinski definition) is 0. The molecule has 310 valence electrons. The molecule has 0 N–H and O–H groups in total. The summed E-state index contributed by atoms with van der Waals surface area (Å²) in [6.07, 6.45) is 16.2. The van der Waals surface area contributed by atoms with E-state index in [9.17, 15) is 43.9 Å². The Bertz CT molecular complexity index is 2620. The molecule has 0 bridgehead atoms. The minimum atomic E-state index is -2.37. The van der Waals surface area contributed by atoms with Gasteiger partial charge in [0.05, 0.1) is 0 Å². The minimum absolute atomic E-state index is 0.164.